The molecule has 0 aromatic heterocycles. The monoisotopic (exact) mass is 327 g/mol. The lowest BCUT2D eigenvalue weighted by Gasteiger charge is -2.33. The number of nitrogens with zero attached hydrogens (tertiary/aromatic N) is 1. The first-order valence-corrected chi connectivity index (χ1v) is 8.03. The first-order valence-electron chi connectivity index (χ1n) is 8.03. The fourth-order valence-electron chi connectivity index (χ4n) is 2.24. The maximum atomic E-state index is 11.5. The maximum Gasteiger partial charge on any atom is 0.241 e. The van der Waals surface area contributed by atoms with Crippen LogP contribution in [-0.2, 0) is 0 Å². The molecule has 0 aliphatic heterocycles. The van der Waals surface area contributed by atoms with Crippen molar-refractivity contribution in [2.75, 3.05) is 17.2 Å². The third kappa shape index (κ3) is 4.04. The van der Waals surface area contributed by atoms with Crippen LogP contribution in [0.25, 0.3) is 0 Å². The number of anilines is 3. The molecule has 0 fully saturated rings. The Kier molecular flexibility index (Phi) is 5.12. The second-order valence-electron chi connectivity index (χ2n) is 7.20. The zero-order valence-corrected chi connectivity index (χ0v) is 14.7. The van der Waals surface area contributed by atoms with E-state index in [0.29, 0.717) is 0 Å². The van der Waals surface area contributed by atoms with E-state index in [-0.39, 0.29) is 11.5 Å². The summed E-state index contributed by atoms with van der Waals surface area (Å²) in [6, 6.07) is 17.7. The van der Waals surface area contributed by atoms with Gasteiger partial charge in [0.1, 0.15) is 0 Å². The van der Waals surface area contributed by atoms with Crippen molar-refractivity contribution in [3.63, 3.8) is 0 Å². The Morgan fingerprint density at radius 2 is 1.38 bits per heavy atom. The van der Waals surface area contributed by atoms with E-state index in [4.69, 9.17) is 0 Å². The van der Waals surface area contributed by atoms with Crippen LogP contribution in [0.2, 0.25) is 0 Å². The first kappa shape index (κ1) is 17.8. The minimum Gasteiger partial charge on any atom is -0.378 e. The van der Waals surface area contributed by atoms with Gasteiger partial charge in [-0.15, -0.1) is 0 Å². The predicted octanol–water partition coefficient (Wildman–Crippen LogP) is 4.92. The standard InChI is InChI=1S/C19H25N3O2/c1-18(2,3)19(4,22(23)24)14-20-15-10-12-17(13-11-15)21-16-8-6-5-7-9-16/h5-13,20-21H,14H2,1-4H3. The summed E-state index contributed by atoms with van der Waals surface area (Å²) in [7, 11) is 0. The molecule has 0 bridgehead atoms. The van der Waals surface area contributed by atoms with E-state index in [0.717, 1.165) is 17.1 Å². The van der Waals surface area contributed by atoms with Crippen molar-refractivity contribution < 1.29 is 4.92 Å². The number of nitro groups is 1. The highest BCUT2D eigenvalue weighted by Crippen LogP contribution is 2.33. The smallest absolute Gasteiger partial charge is 0.241 e. The third-order valence-corrected chi connectivity index (χ3v) is 4.60. The highest BCUT2D eigenvalue weighted by atomic mass is 16.6. The fraction of sp³-hybridized carbons (Fsp3) is 0.368. The molecule has 0 spiro atoms. The van der Waals surface area contributed by atoms with Crippen molar-refractivity contribution in [1.82, 2.24) is 0 Å². The molecule has 5 nitrogen and oxygen atoms in total. The van der Waals surface area contributed by atoms with E-state index in [1.165, 1.54) is 0 Å². The van der Waals surface area contributed by atoms with Crippen molar-refractivity contribution >= 4 is 17.1 Å². The van der Waals surface area contributed by atoms with Crippen molar-refractivity contribution in [3.05, 3.63) is 64.7 Å². The molecule has 2 aromatic carbocycles. The van der Waals surface area contributed by atoms with Crippen LogP contribution in [0.4, 0.5) is 17.1 Å². The lowest BCUT2D eigenvalue weighted by atomic mass is 9.75. The summed E-state index contributed by atoms with van der Waals surface area (Å²) in [5.74, 6) is 0. The maximum absolute atomic E-state index is 11.5. The fourth-order valence-corrected chi connectivity index (χ4v) is 2.24. The Hall–Kier alpha value is -2.56. The molecule has 2 rings (SSSR count). The molecule has 24 heavy (non-hydrogen) atoms. The van der Waals surface area contributed by atoms with Gasteiger partial charge in [-0.1, -0.05) is 39.0 Å². The van der Waals surface area contributed by atoms with Gasteiger partial charge in [-0.2, -0.15) is 0 Å². The summed E-state index contributed by atoms with van der Waals surface area (Å²) in [5, 5.41) is 18.0. The number of nitrogens with one attached hydrogen (secondary N) is 2. The van der Waals surface area contributed by atoms with Crippen LogP contribution in [0.5, 0.6) is 0 Å². The molecule has 0 heterocycles. The minimum atomic E-state index is -1.05. The van der Waals surface area contributed by atoms with Crippen molar-refractivity contribution in [2.45, 2.75) is 33.2 Å². The Balaban J connectivity index is 2.02. The molecule has 0 saturated carbocycles. The molecular weight excluding hydrogens is 302 g/mol. The van der Waals surface area contributed by atoms with Gasteiger partial charge in [0.05, 0.1) is 6.54 Å². The molecule has 0 amide bonds. The predicted molar refractivity (Wildman–Crippen MR) is 99.5 cm³/mol. The Bertz CT molecular complexity index is 678. The molecule has 0 saturated heterocycles. The van der Waals surface area contributed by atoms with E-state index in [9.17, 15) is 10.1 Å². The van der Waals surface area contributed by atoms with Crippen LogP contribution in [0.3, 0.4) is 0 Å². The van der Waals surface area contributed by atoms with Crippen LogP contribution in [0.15, 0.2) is 54.6 Å². The lowest BCUT2D eigenvalue weighted by molar-refractivity contribution is -0.580. The van der Waals surface area contributed by atoms with Crippen LogP contribution >= 0.6 is 0 Å². The number of rotatable bonds is 6. The molecule has 5 heteroatoms. The molecular formula is C19H25N3O2. The topological polar surface area (TPSA) is 67.2 Å². The van der Waals surface area contributed by atoms with Crippen LogP contribution in [0.1, 0.15) is 27.7 Å². The molecule has 0 radical (unpaired) electrons. The highest BCUT2D eigenvalue weighted by Gasteiger charge is 2.48. The van der Waals surface area contributed by atoms with Gasteiger partial charge >= 0.3 is 0 Å². The van der Waals surface area contributed by atoms with E-state index in [2.05, 4.69) is 10.6 Å². The average Bonchev–Trinajstić information content (AvgIpc) is 2.53. The molecule has 128 valence electrons. The summed E-state index contributed by atoms with van der Waals surface area (Å²) < 4.78 is 0. The second-order valence-corrected chi connectivity index (χ2v) is 7.20. The molecule has 0 aliphatic rings. The van der Waals surface area contributed by atoms with Gasteiger partial charge in [-0.3, -0.25) is 10.1 Å². The van der Waals surface area contributed by atoms with Crippen LogP contribution in [0, 0.1) is 15.5 Å². The number of hydrogen-bond donors (Lipinski definition) is 2. The first-order chi connectivity index (χ1) is 11.2. The Labute approximate surface area is 143 Å². The average molecular weight is 327 g/mol. The quantitative estimate of drug-likeness (QED) is 0.583. The van der Waals surface area contributed by atoms with Gasteiger partial charge in [0.2, 0.25) is 5.54 Å². The van der Waals surface area contributed by atoms with Crippen LogP contribution in [-0.4, -0.2) is 17.0 Å². The second kappa shape index (κ2) is 6.91. The molecule has 1 atom stereocenters. The van der Waals surface area contributed by atoms with E-state index in [1.807, 2.05) is 75.4 Å². The highest BCUT2D eigenvalue weighted by molar-refractivity contribution is 5.62. The van der Waals surface area contributed by atoms with Gasteiger partial charge in [0, 0.05) is 34.3 Å². The zero-order chi connectivity index (χ0) is 17.8. The number of benzene rings is 2. The largest absolute Gasteiger partial charge is 0.378 e. The summed E-state index contributed by atoms with van der Waals surface area (Å²) in [4.78, 5) is 11.3. The minimum absolute atomic E-state index is 0.189. The van der Waals surface area contributed by atoms with E-state index < -0.39 is 11.0 Å². The summed E-state index contributed by atoms with van der Waals surface area (Å²) in [6.07, 6.45) is 0. The van der Waals surface area contributed by atoms with Gasteiger partial charge in [-0.05, 0) is 36.4 Å². The van der Waals surface area contributed by atoms with Crippen molar-refractivity contribution in [2.24, 2.45) is 5.41 Å². The van der Waals surface area contributed by atoms with Gasteiger partial charge in [0.15, 0.2) is 0 Å². The third-order valence-electron chi connectivity index (χ3n) is 4.60. The van der Waals surface area contributed by atoms with Gasteiger partial charge in [0.25, 0.3) is 0 Å². The summed E-state index contributed by atoms with van der Waals surface area (Å²) in [6.45, 7) is 7.64. The van der Waals surface area contributed by atoms with E-state index >= 15 is 0 Å². The van der Waals surface area contributed by atoms with Crippen molar-refractivity contribution in [1.29, 1.82) is 0 Å². The summed E-state index contributed by atoms with van der Waals surface area (Å²) in [5.41, 5.74) is 1.36. The van der Waals surface area contributed by atoms with Crippen LogP contribution < -0.4 is 10.6 Å². The summed E-state index contributed by atoms with van der Waals surface area (Å²) >= 11 is 0. The molecule has 2 aromatic rings. The molecule has 0 aliphatic carbocycles. The van der Waals surface area contributed by atoms with Gasteiger partial charge in [-0.25, -0.2) is 0 Å². The SMILES string of the molecule is CC(C)(C)C(C)(CNc1ccc(Nc2ccccc2)cc1)[N+](=O)[O-]. The molecule has 1 unspecified atom stereocenters. The number of para-hydroxylation sites is 1. The van der Waals surface area contributed by atoms with Crippen molar-refractivity contribution in [3.8, 4) is 0 Å². The van der Waals surface area contributed by atoms with Gasteiger partial charge < -0.3 is 10.6 Å². The zero-order valence-electron chi connectivity index (χ0n) is 14.7. The lowest BCUT2D eigenvalue weighted by Crippen LogP contribution is -2.52. The Morgan fingerprint density at radius 1 is 0.875 bits per heavy atom. The van der Waals surface area contributed by atoms with E-state index in [1.54, 1.807) is 6.92 Å². The normalized spacial score (nSPS) is 13.8. The number of hydrogen-bond acceptors (Lipinski definition) is 4. The Morgan fingerprint density at radius 3 is 1.88 bits per heavy atom. The molecule has 2 N–H and O–H groups in total.